The minimum Gasteiger partial charge on any atom is -0.351 e. The summed E-state index contributed by atoms with van der Waals surface area (Å²) in [7, 11) is 0. The zero-order chi connectivity index (χ0) is 20.7. The molecule has 0 radical (unpaired) electrons. The van der Waals surface area contributed by atoms with E-state index in [4.69, 9.17) is 5.73 Å². The van der Waals surface area contributed by atoms with Gasteiger partial charge in [0.2, 0.25) is 5.91 Å². The number of amides is 6. The van der Waals surface area contributed by atoms with Crippen molar-refractivity contribution >= 4 is 46.0 Å². The molecule has 2 aliphatic rings. The lowest BCUT2D eigenvalue weighted by atomic mass is 10.1. The summed E-state index contributed by atoms with van der Waals surface area (Å²) in [5, 5.41) is 4.91. The van der Waals surface area contributed by atoms with Gasteiger partial charge in [-0.1, -0.05) is 12.1 Å². The number of imide groups is 2. The summed E-state index contributed by atoms with van der Waals surface area (Å²) >= 11 is 1.25. The van der Waals surface area contributed by atoms with Crippen molar-refractivity contribution in [3.8, 4) is 0 Å². The number of rotatable bonds is 4. The van der Waals surface area contributed by atoms with Crippen LogP contribution in [-0.2, 0) is 17.6 Å². The first-order valence-electron chi connectivity index (χ1n) is 8.87. The van der Waals surface area contributed by atoms with Crippen LogP contribution in [0.4, 0.5) is 9.80 Å². The number of fused-ring (bicyclic) bond motifs is 2. The molecule has 0 unspecified atom stereocenters. The van der Waals surface area contributed by atoms with E-state index in [1.807, 2.05) is 5.32 Å². The molecule has 0 saturated heterocycles. The summed E-state index contributed by atoms with van der Waals surface area (Å²) in [6.07, 6.45) is 2.30. The van der Waals surface area contributed by atoms with Crippen molar-refractivity contribution in [3.63, 3.8) is 0 Å². The van der Waals surface area contributed by atoms with Crippen molar-refractivity contribution in [1.82, 2.24) is 10.2 Å². The van der Waals surface area contributed by atoms with Crippen molar-refractivity contribution < 1.29 is 24.0 Å². The van der Waals surface area contributed by atoms with Crippen molar-refractivity contribution in [2.45, 2.75) is 19.3 Å². The first-order chi connectivity index (χ1) is 13.9. The summed E-state index contributed by atoms with van der Waals surface area (Å²) in [6.45, 7) is -0.480. The molecule has 4 rings (SSSR count). The predicted octanol–water partition coefficient (Wildman–Crippen LogP) is 1.28. The molecule has 9 nitrogen and oxygen atoms in total. The Hall–Kier alpha value is -3.53. The number of nitrogens with one attached hydrogen (secondary N) is 2. The van der Waals surface area contributed by atoms with E-state index in [1.54, 1.807) is 12.1 Å². The minimum atomic E-state index is -0.990. The second-order valence-corrected chi connectivity index (χ2v) is 7.78. The molecule has 148 valence electrons. The van der Waals surface area contributed by atoms with Gasteiger partial charge in [0.25, 0.3) is 17.7 Å². The molecule has 0 spiro atoms. The third-order valence-electron chi connectivity index (χ3n) is 4.82. The van der Waals surface area contributed by atoms with Gasteiger partial charge in [-0.2, -0.15) is 0 Å². The van der Waals surface area contributed by atoms with Crippen LogP contribution in [0.25, 0.3) is 0 Å². The Kier molecular flexibility index (Phi) is 4.63. The second kappa shape index (κ2) is 7.13. The lowest BCUT2D eigenvalue weighted by molar-refractivity contribution is -0.116. The van der Waals surface area contributed by atoms with Gasteiger partial charge >= 0.3 is 6.03 Å². The van der Waals surface area contributed by atoms with Gasteiger partial charge in [0, 0.05) is 4.88 Å². The fraction of sp³-hybridized carbons (Fsp3) is 0.211. The Morgan fingerprint density at radius 3 is 2.34 bits per heavy atom. The normalized spacial score (nSPS) is 14.6. The first-order valence-corrected chi connectivity index (χ1v) is 9.69. The number of aryl methyl sites for hydroxylation is 1. The summed E-state index contributed by atoms with van der Waals surface area (Å²) < 4.78 is 0. The quantitative estimate of drug-likeness (QED) is 0.649. The van der Waals surface area contributed by atoms with Gasteiger partial charge < -0.3 is 11.1 Å². The zero-order valence-electron chi connectivity index (χ0n) is 15.1. The highest BCUT2D eigenvalue weighted by molar-refractivity contribution is 7.17. The minimum absolute atomic E-state index is 0.206. The lowest BCUT2D eigenvalue weighted by Gasteiger charge is -2.14. The van der Waals surface area contributed by atoms with Gasteiger partial charge in [-0.25, -0.2) is 4.79 Å². The zero-order valence-corrected chi connectivity index (χ0v) is 15.9. The molecule has 0 saturated carbocycles. The Bertz CT molecular complexity index is 1060. The van der Waals surface area contributed by atoms with Gasteiger partial charge in [0.1, 0.15) is 11.5 Å². The molecule has 10 heteroatoms. The maximum atomic E-state index is 12.6. The third kappa shape index (κ3) is 3.27. The average molecular weight is 412 g/mol. The number of primary amides is 1. The van der Waals surface area contributed by atoms with Gasteiger partial charge in [-0.15, -0.1) is 11.3 Å². The molecule has 1 aliphatic heterocycles. The standard InChI is InChI=1S/C19H16N4O5S/c20-19(28)22-15(25)14-11-6-3-7-12(11)29-16(14)21-13(24)8-23-17(26)9-4-1-2-5-10(9)18(23)27/h1-2,4-5H,3,6-8H2,(H,21,24)(H3,20,22,25,28). The van der Waals surface area contributed by atoms with Crippen LogP contribution in [0.1, 0.15) is 47.9 Å². The van der Waals surface area contributed by atoms with Crippen LogP contribution in [0.3, 0.4) is 0 Å². The maximum absolute atomic E-state index is 12.6. The van der Waals surface area contributed by atoms with Crippen LogP contribution >= 0.6 is 11.3 Å². The van der Waals surface area contributed by atoms with E-state index in [-0.39, 0.29) is 21.7 Å². The molecular formula is C19H16N4O5S. The summed E-state index contributed by atoms with van der Waals surface area (Å²) in [4.78, 5) is 62.7. The number of benzene rings is 1. The maximum Gasteiger partial charge on any atom is 0.319 e. The average Bonchev–Trinajstić information content (AvgIpc) is 3.30. The molecule has 4 N–H and O–H groups in total. The molecule has 1 aromatic carbocycles. The number of carbonyl (C=O) groups excluding carboxylic acids is 5. The number of hydrogen-bond acceptors (Lipinski definition) is 6. The third-order valence-corrected chi connectivity index (χ3v) is 6.03. The predicted molar refractivity (Wildman–Crippen MR) is 104 cm³/mol. The summed E-state index contributed by atoms with van der Waals surface area (Å²) in [5.74, 6) is -2.39. The van der Waals surface area contributed by atoms with Gasteiger partial charge in [0.15, 0.2) is 0 Å². The van der Waals surface area contributed by atoms with Crippen LogP contribution in [0.2, 0.25) is 0 Å². The van der Waals surface area contributed by atoms with E-state index < -0.39 is 36.2 Å². The van der Waals surface area contributed by atoms with Crippen molar-refractivity contribution in [3.05, 3.63) is 51.4 Å². The summed E-state index contributed by atoms with van der Waals surface area (Å²) in [5.41, 5.74) is 6.53. The highest BCUT2D eigenvalue weighted by Gasteiger charge is 2.36. The summed E-state index contributed by atoms with van der Waals surface area (Å²) in [6, 6.07) is 5.36. The number of anilines is 1. The molecule has 0 atom stereocenters. The largest absolute Gasteiger partial charge is 0.351 e. The number of hydrogen-bond donors (Lipinski definition) is 3. The molecule has 0 bridgehead atoms. The van der Waals surface area contributed by atoms with E-state index in [0.717, 1.165) is 28.2 Å². The number of carbonyl (C=O) groups is 5. The van der Waals surface area contributed by atoms with Gasteiger partial charge in [-0.3, -0.25) is 29.4 Å². The van der Waals surface area contributed by atoms with Crippen LogP contribution in [-0.4, -0.2) is 41.1 Å². The first kappa shape index (κ1) is 18.8. The highest BCUT2D eigenvalue weighted by Crippen LogP contribution is 2.39. The number of nitrogens with two attached hydrogens (primary N) is 1. The Morgan fingerprint density at radius 2 is 1.72 bits per heavy atom. The smallest absolute Gasteiger partial charge is 0.319 e. The highest BCUT2D eigenvalue weighted by atomic mass is 32.1. The van der Waals surface area contributed by atoms with Gasteiger partial charge in [0.05, 0.1) is 16.7 Å². The van der Waals surface area contributed by atoms with E-state index in [0.29, 0.717) is 6.42 Å². The number of thiophene rings is 1. The van der Waals surface area contributed by atoms with Crippen molar-refractivity contribution in [2.24, 2.45) is 5.73 Å². The monoisotopic (exact) mass is 412 g/mol. The Labute approximate surface area is 168 Å². The van der Waals surface area contributed by atoms with Crippen molar-refractivity contribution in [2.75, 3.05) is 11.9 Å². The van der Waals surface area contributed by atoms with E-state index >= 15 is 0 Å². The van der Waals surface area contributed by atoms with E-state index in [9.17, 15) is 24.0 Å². The second-order valence-electron chi connectivity index (χ2n) is 6.67. The van der Waals surface area contributed by atoms with Crippen LogP contribution in [0.15, 0.2) is 24.3 Å². The van der Waals surface area contributed by atoms with Crippen molar-refractivity contribution in [1.29, 1.82) is 0 Å². The molecule has 6 amide bonds. The molecular weight excluding hydrogens is 396 g/mol. The van der Waals surface area contributed by atoms with E-state index in [2.05, 4.69) is 5.32 Å². The molecule has 1 aromatic heterocycles. The molecule has 1 aliphatic carbocycles. The lowest BCUT2D eigenvalue weighted by Crippen LogP contribution is -2.38. The number of urea groups is 1. The Morgan fingerprint density at radius 1 is 1.07 bits per heavy atom. The fourth-order valence-corrected chi connectivity index (χ4v) is 4.90. The van der Waals surface area contributed by atoms with Gasteiger partial charge in [-0.05, 0) is 37.0 Å². The molecule has 2 heterocycles. The number of nitrogens with zero attached hydrogens (tertiary/aromatic N) is 1. The molecule has 0 fully saturated rings. The van der Waals surface area contributed by atoms with Crippen LogP contribution in [0.5, 0.6) is 0 Å². The Balaban J connectivity index is 1.54. The van der Waals surface area contributed by atoms with Crippen LogP contribution < -0.4 is 16.4 Å². The molecule has 29 heavy (non-hydrogen) atoms. The topological polar surface area (TPSA) is 139 Å². The SMILES string of the molecule is NC(=O)NC(=O)c1c(NC(=O)CN2C(=O)c3ccccc3C2=O)sc2c1CCC2. The van der Waals surface area contributed by atoms with E-state index in [1.165, 1.54) is 23.5 Å². The van der Waals surface area contributed by atoms with Crippen LogP contribution in [0, 0.1) is 0 Å². The molecule has 2 aromatic rings. The fourth-order valence-electron chi connectivity index (χ4n) is 3.60.